The molecule has 6 nitrogen and oxygen atoms in total. The third-order valence-corrected chi connectivity index (χ3v) is 5.45. The number of aromatic amines is 1. The van der Waals surface area contributed by atoms with E-state index in [2.05, 4.69) is 58.7 Å². The molecule has 160 valence electrons. The first-order chi connectivity index (χ1) is 14.3. The average molecular weight is 401 g/mol. The molecule has 3 N–H and O–H groups in total. The van der Waals surface area contributed by atoms with E-state index in [0.717, 1.165) is 77.7 Å². The second-order valence-electron chi connectivity index (χ2n) is 7.70. The lowest BCUT2D eigenvalue weighted by Gasteiger charge is -2.21. The molecule has 0 atom stereocenters. The number of aliphatic imine (C=N–C) groups is 1. The Kier molecular flexibility index (Phi) is 8.83. The van der Waals surface area contributed by atoms with Crippen molar-refractivity contribution in [2.75, 3.05) is 46.1 Å². The number of hydrogen-bond acceptors (Lipinski definition) is 3. The first-order valence-electron chi connectivity index (χ1n) is 11.0. The summed E-state index contributed by atoms with van der Waals surface area (Å²) in [7, 11) is 0. The number of nitrogens with zero attached hydrogens (tertiary/aromatic N) is 1. The molecule has 0 saturated carbocycles. The average Bonchev–Trinajstić information content (AvgIpc) is 3.06. The third kappa shape index (κ3) is 6.75. The molecule has 1 aliphatic heterocycles. The fourth-order valence-electron chi connectivity index (χ4n) is 3.83. The van der Waals surface area contributed by atoms with Gasteiger partial charge < -0.3 is 25.1 Å². The maximum absolute atomic E-state index is 5.83. The van der Waals surface area contributed by atoms with Crippen molar-refractivity contribution in [3.63, 3.8) is 0 Å². The second-order valence-corrected chi connectivity index (χ2v) is 7.70. The van der Waals surface area contributed by atoms with Crippen molar-refractivity contribution in [2.45, 2.75) is 39.5 Å². The summed E-state index contributed by atoms with van der Waals surface area (Å²) in [5.74, 6) is 1.55. The van der Waals surface area contributed by atoms with E-state index in [1.807, 2.05) is 0 Å². The van der Waals surface area contributed by atoms with Gasteiger partial charge in [-0.25, -0.2) is 0 Å². The zero-order valence-corrected chi connectivity index (χ0v) is 17.9. The van der Waals surface area contributed by atoms with Crippen molar-refractivity contribution in [3.8, 4) is 0 Å². The van der Waals surface area contributed by atoms with Gasteiger partial charge in [0.05, 0.1) is 0 Å². The number of para-hydroxylation sites is 1. The number of nitrogens with one attached hydrogen (secondary N) is 3. The Morgan fingerprint density at radius 3 is 2.90 bits per heavy atom. The van der Waals surface area contributed by atoms with Gasteiger partial charge in [-0.05, 0) is 57.1 Å². The molecular weight excluding hydrogens is 364 g/mol. The molecule has 0 unspecified atom stereocenters. The van der Waals surface area contributed by atoms with Crippen molar-refractivity contribution in [1.29, 1.82) is 0 Å². The number of fused-ring (bicyclic) bond motifs is 1. The lowest BCUT2D eigenvalue weighted by molar-refractivity contribution is 0.0205. The fourth-order valence-corrected chi connectivity index (χ4v) is 3.83. The highest BCUT2D eigenvalue weighted by Gasteiger charge is 2.13. The summed E-state index contributed by atoms with van der Waals surface area (Å²) < 4.78 is 11.2. The van der Waals surface area contributed by atoms with Gasteiger partial charge in [0.2, 0.25) is 0 Å². The molecule has 1 aromatic heterocycles. The number of aromatic nitrogens is 1. The minimum atomic E-state index is 0.666. The van der Waals surface area contributed by atoms with Gasteiger partial charge in [0.15, 0.2) is 5.96 Å². The molecule has 6 heteroatoms. The van der Waals surface area contributed by atoms with E-state index < -0.39 is 0 Å². The van der Waals surface area contributed by atoms with Crippen molar-refractivity contribution in [2.24, 2.45) is 10.9 Å². The minimum absolute atomic E-state index is 0.666. The summed E-state index contributed by atoms with van der Waals surface area (Å²) in [6, 6.07) is 8.49. The number of aryl methyl sites for hydroxylation is 1. The molecule has 2 aromatic rings. The number of guanidine groups is 1. The van der Waals surface area contributed by atoms with Gasteiger partial charge in [-0.2, -0.15) is 0 Å². The second kappa shape index (κ2) is 11.8. The fraction of sp³-hybridized carbons (Fsp3) is 0.609. The molecule has 1 aliphatic rings. The van der Waals surface area contributed by atoms with Crippen molar-refractivity contribution in [1.82, 2.24) is 15.6 Å². The van der Waals surface area contributed by atoms with Gasteiger partial charge in [-0.15, -0.1) is 0 Å². The van der Waals surface area contributed by atoms with E-state index in [0.29, 0.717) is 5.92 Å². The molecular formula is C23H36N4O2. The van der Waals surface area contributed by atoms with E-state index >= 15 is 0 Å². The van der Waals surface area contributed by atoms with Crippen LogP contribution in [0.1, 0.15) is 37.4 Å². The largest absolute Gasteiger partial charge is 0.381 e. The van der Waals surface area contributed by atoms with Crippen LogP contribution in [-0.2, 0) is 15.9 Å². The van der Waals surface area contributed by atoms with Gasteiger partial charge in [0.1, 0.15) is 0 Å². The predicted octanol–water partition coefficient (Wildman–Crippen LogP) is 3.41. The Hall–Kier alpha value is -2.05. The Balaban J connectivity index is 1.38. The maximum Gasteiger partial charge on any atom is 0.191 e. The van der Waals surface area contributed by atoms with E-state index in [1.54, 1.807) is 0 Å². The van der Waals surface area contributed by atoms with Crippen LogP contribution in [0.3, 0.4) is 0 Å². The Labute approximate surface area is 174 Å². The normalized spacial score (nSPS) is 15.7. The number of hydrogen-bond donors (Lipinski definition) is 3. The highest BCUT2D eigenvalue weighted by atomic mass is 16.5. The van der Waals surface area contributed by atoms with Crippen LogP contribution in [0.5, 0.6) is 0 Å². The summed E-state index contributed by atoms with van der Waals surface area (Å²) in [6.45, 7) is 10.1. The predicted molar refractivity (Wildman–Crippen MR) is 120 cm³/mol. The molecule has 1 fully saturated rings. The maximum atomic E-state index is 5.83. The van der Waals surface area contributed by atoms with Crippen LogP contribution < -0.4 is 10.6 Å². The van der Waals surface area contributed by atoms with Crippen LogP contribution in [0.15, 0.2) is 29.3 Å². The Bertz CT molecular complexity index is 765. The van der Waals surface area contributed by atoms with E-state index in [4.69, 9.17) is 9.47 Å². The van der Waals surface area contributed by atoms with Crippen molar-refractivity contribution < 1.29 is 9.47 Å². The van der Waals surface area contributed by atoms with Gasteiger partial charge in [0, 0.05) is 62.7 Å². The molecule has 0 bridgehead atoms. The highest BCUT2D eigenvalue weighted by Crippen LogP contribution is 2.21. The molecule has 29 heavy (non-hydrogen) atoms. The third-order valence-electron chi connectivity index (χ3n) is 5.45. The van der Waals surface area contributed by atoms with Gasteiger partial charge >= 0.3 is 0 Å². The molecule has 2 heterocycles. The summed E-state index contributed by atoms with van der Waals surface area (Å²) in [6.07, 6.45) is 4.17. The smallest absolute Gasteiger partial charge is 0.191 e. The van der Waals surface area contributed by atoms with Gasteiger partial charge in [-0.3, -0.25) is 4.99 Å². The van der Waals surface area contributed by atoms with E-state index in [-0.39, 0.29) is 0 Å². The quantitative estimate of drug-likeness (QED) is 0.325. The lowest BCUT2D eigenvalue weighted by atomic mass is 10.0. The number of H-pyrrole nitrogens is 1. The van der Waals surface area contributed by atoms with Crippen LogP contribution in [0.2, 0.25) is 0 Å². The highest BCUT2D eigenvalue weighted by molar-refractivity contribution is 5.84. The summed E-state index contributed by atoms with van der Waals surface area (Å²) in [4.78, 5) is 8.16. The van der Waals surface area contributed by atoms with Crippen LogP contribution in [0, 0.1) is 12.8 Å². The van der Waals surface area contributed by atoms with Crippen LogP contribution >= 0.6 is 0 Å². The molecule has 1 saturated heterocycles. The summed E-state index contributed by atoms with van der Waals surface area (Å²) in [5, 5.41) is 8.11. The van der Waals surface area contributed by atoms with E-state index in [9.17, 15) is 0 Å². The molecule has 0 radical (unpaired) electrons. The minimum Gasteiger partial charge on any atom is -0.381 e. The molecule has 0 amide bonds. The first kappa shape index (κ1) is 21.7. The standard InChI is InChI=1S/C23H36N4O2/c1-3-24-23(25-12-6-14-29-17-19-10-15-28-16-11-19)26-13-9-20-18(2)27-22-8-5-4-7-21(20)22/h4-5,7-8,19,27H,3,6,9-17H2,1-2H3,(H2,24,25,26). The van der Waals surface area contributed by atoms with Gasteiger partial charge in [-0.1, -0.05) is 18.2 Å². The molecule has 0 aliphatic carbocycles. The number of benzene rings is 1. The van der Waals surface area contributed by atoms with Crippen LogP contribution in [0.25, 0.3) is 10.9 Å². The molecule has 1 aromatic carbocycles. The Morgan fingerprint density at radius 1 is 1.24 bits per heavy atom. The van der Waals surface area contributed by atoms with Crippen molar-refractivity contribution in [3.05, 3.63) is 35.5 Å². The van der Waals surface area contributed by atoms with Crippen LogP contribution in [0.4, 0.5) is 0 Å². The number of rotatable bonds is 10. The van der Waals surface area contributed by atoms with Gasteiger partial charge in [0.25, 0.3) is 0 Å². The summed E-state index contributed by atoms with van der Waals surface area (Å²) in [5.41, 5.74) is 3.84. The lowest BCUT2D eigenvalue weighted by Crippen LogP contribution is -2.38. The monoisotopic (exact) mass is 400 g/mol. The molecule has 3 rings (SSSR count). The zero-order valence-electron chi connectivity index (χ0n) is 17.9. The zero-order chi connectivity index (χ0) is 20.3. The topological polar surface area (TPSA) is 70.7 Å². The first-order valence-corrected chi connectivity index (χ1v) is 11.0. The van der Waals surface area contributed by atoms with E-state index in [1.165, 1.54) is 22.2 Å². The number of ether oxygens (including phenoxy) is 2. The van der Waals surface area contributed by atoms with Crippen LogP contribution in [-0.4, -0.2) is 57.0 Å². The summed E-state index contributed by atoms with van der Waals surface area (Å²) >= 11 is 0. The Morgan fingerprint density at radius 2 is 2.07 bits per heavy atom. The van der Waals surface area contributed by atoms with Crippen molar-refractivity contribution >= 4 is 16.9 Å². The SMILES string of the molecule is CCNC(=NCCCOCC1CCOCC1)NCCc1c(C)[nH]c2ccccc12. The molecule has 0 spiro atoms.